The van der Waals surface area contributed by atoms with Crippen LogP contribution in [0.5, 0.6) is 0 Å². The van der Waals surface area contributed by atoms with Crippen molar-refractivity contribution in [2.75, 3.05) is 0 Å². The molecule has 1 aliphatic rings. The fourth-order valence-corrected chi connectivity index (χ4v) is 4.31. The minimum Gasteiger partial charge on any atom is -0.387 e. The maximum absolute atomic E-state index is 14.2. The van der Waals surface area contributed by atoms with E-state index in [1.807, 2.05) is 0 Å². The van der Waals surface area contributed by atoms with Gasteiger partial charge in [-0.1, -0.05) is 35.3 Å². The Bertz CT molecular complexity index is 1120. The summed E-state index contributed by atoms with van der Waals surface area (Å²) >= 11 is 12.2. The lowest BCUT2D eigenvalue weighted by Crippen LogP contribution is -2.48. The Balaban J connectivity index is 1.74. The SMILES string of the molecule is O=C(NC(c1cccc(F)c1Cl)C1(O)CCC(F)CC1)c1cnc(Cl)cc1-n1nccn1. The number of halogens is 4. The number of pyridine rings is 1. The number of amides is 1. The van der Waals surface area contributed by atoms with Crippen LogP contribution in [-0.2, 0) is 0 Å². The van der Waals surface area contributed by atoms with Gasteiger partial charge in [-0.25, -0.2) is 13.8 Å². The number of benzene rings is 1. The van der Waals surface area contributed by atoms with E-state index in [4.69, 9.17) is 23.2 Å². The van der Waals surface area contributed by atoms with Crippen LogP contribution in [-0.4, -0.2) is 42.8 Å². The standard InChI is InChI=1S/C21H19Cl2F2N5O2/c22-17-10-16(30-27-8-9-28-30)14(11-26-17)20(31)29-19(13-2-1-3-15(25)18(13)23)21(32)6-4-12(24)5-7-21/h1-3,8-12,19,32H,4-7H2,(H,29,31). The molecule has 1 saturated carbocycles. The normalized spacial score (nSPS) is 21.8. The van der Waals surface area contributed by atoms with Crippen LogP contribution in [0.1, 0.15) is 47.6 Å². The minimum atomic E-state index is -1.53. The molecule has 4 rings (SSSR count). The van der Waals surface area contributed by atoms with E-state index in [2.05, 4.69) is 20.5 Å². The number of alkyl halides is 1. The third-order valence-corrected chi connectivity index (χ3v) is 6.22. The number of rotatable bonds is 5. The molecule has 2 N–H and O–H groups in total. The van der Waals surface area contributed by atoms with Crippen LogP contribution in [0.3, 0.4) is 0 Å². The molecule has 0 spiro atoms. The highest BCUT2D eigenvalue weighted by molar-refractivity contribution is 6.31. The molecule has 0 saturated heterocycles. The lowest BCUT2D eigenvalue weighted by Gasteiger charge is -2.41. The van der Waals surface area contributed by atoms with Crippen LogP contribution in [0.2, 0.25) is 10.2 Å². The van der Waals surface area contributed by atoms with Gasteiger partial charge in [0.2, 0.25) is 0 Å². The van der Waals surface area contributed by atoms with E-state index >= 15 is 0 Å². The second kappa shape index (κ2) is 9.09. The molecule has 1 fully saturated rings. The number of aliphatic hydroxyl groups is 1. The smallest absolute Gasteiger partial charge is 0.255 e. The number of nitrogens with zero attached hydrogens (tertiary/aromatic N) is 4. The first-order chi connectivity index (χ1) is 15.3. The van der Waals surface area contributed by atoms with Gasteiger partial charge in [0.05, 0.1) is 34.6 Å². The second-order valence-corrected chi connectivity index (χ2v) is 8.44. The van der Waals surface area contributed by atoms with Crippen molar-refractivity contribution in [3.63, 3.8) is 0 Å². The molecule has 0 radical (unpaired) electrons. The lowest BCUT2D eigenvalue weighted by atomic mass is 9.76. The van der Waals surface area contributed by atoms with Gasteiger partial charge < -0.3 is 10.4 Å². The minimum absolute atomic E-state index is 0.0678. The number of carbonyl (C=O) groups is 1. The summed E-state index contributed by atoms with van der Waals surface area (Å²) < 4.78 is 28.0. The van der Waals surface area contributed by atoms with E-state index in [-0.39, 0.29) is 52.7 Å². The Morgan fingerprint density at radius 1 is 1.25 bits per heavy atom. The zero-order valence-corrected chi connectivity index (χ0v) is 18.2. The van der Waals surface area contributed by atoms with E-state index in [0.717, 1.165) is 0 Å². The van der Waals surface area contributed by atoms with Crippen molar-refractivity contribution < 1.29 is 18.7 Å². The van der Waals surface area contributed by atoms with Crippen molar-refractivity contribution in [3.05, 3.63) is 70.0 Å². The average Bonchev–Trinajstić information content (AvgIpc) is 3.31. The van der Waals surface area contributed by atoms with E-state index in [0.29, 0.717) is 0 Å². The number of aromatic nitrogens is 4. The van der Waals surface area contributed by atoms with Crippen molar-refractivity contribution in [2.24, 2.45) is 0 Å². The fourth-order valence-electron chi connectivity index (χ4n) is 3.93. The highest BCUT2D eigenvalue weighted by atomic mass is 35.5. The van der Waals surface area contributed by atoms with Gasteiger partial charge in [-0.2, -0.15) is 15.0 Å². The van der Waals surface area contributed by atoms with Gasteiger partial charge in [-0.3, -0.25) is 4.79 Å². The summed E-state index contributed by atoms with van der Waals surface area (Å²) in [6, 6.07) is 4.45. The van der Waals surface area contributed by atoms with E-state index < -0.39 is 29.5 Å². The van der Waals surface area contributed by atoms with Crippen molar-refractivity contribution in [3.8, 4) is 5.69 Å². The summed E-state index contributed by atoms with van der Waals surface area (Å²) in [5.41, 5.74) is -0.998. The first-order valence-corrected chi connectivity index (χ1v) is 10.7. The summed E-state index contributed by atoms with van der Waals surface area (Å²) in [6.07, 6.45) is 3.43. The quantitative estimate of drug-likeness (QED) is 0.532. The largest absolute Gasteiger partial charge is 0.387 e. The molecular weight excluding hydrogens is 463 g/mol. The van der Waals surface area contributed by atoms with Gasteiger partial charge >= 0.3 is 0 Å². The molecule has 32 heavy (non-hydrogen) atoms. The van der Waals surface area contributed by atoms with Crippen molar-refractivity contribution >= 4 is 29.1 Å². The molecule has 1 unspecified atom stereocenters. The van der Waals surface area contributed by atoms with Gasteiger partial charge in [-0.15, -0.1) is 0 Å². The third-order valence-electron chi connectivity index (χ3n) is 5.61. The maximum Gasteiger partial charge on any atom is 0.255 e. The molecule has 0 bridgehead atoms. The Kier molecular flexibility index (Phi) is 6.41. The molecule has 3 aromatic rings. The summed E-state index contributed by atoms with van der Waals surface area (Å²) in [6.45, 7) is 0. The van der Waals surface area contributed by atoms with E-state index in [9.17, 15) is 18.7 Å². The van der Waals surface area contributed by atoms with Crippen LogP contribution in [0, 0.1) is 5.82 Å². The Morgan fingerprint density at radius 2 is 1.94 bits per heavy atom. The highest BCUT2D eigenvalue weighted by Crippen LogP contribution is 2.42. The summed E-state index contributed by atoms with van der Waals surface area (Å²) in [4.78, 5) is 18.5. The molecule has 1 atom stereocenters. The van der Waals surface area contributed by atoms with Crippen molar-refractivity contribution in [2.45, 2.75) is 43.5 Å². The van der Waals surface area contributed by atoms with Crippen molar-refractivity contribution in [1.29, 1.82) is 0 Å². The Morgan fingerprint density at radius 3 is 2.62 bits per heavy atom. The third kappa shape index (κ3) is 4.46. The number of hydrogen-bond acceptors (Lipinski definition) is 5. The van der Waals surface area contributed by atoms with Crippen molar-refractivity contribution in [1.82, 2.24) is 25.3 Å². The number of nitrogens with one attached hydrogen (secondary N) is 1. The zero-order chi connectivity index (χ0) is 22.9. The second-order valence-electron chi connectivity index (χ2n) is 7.67. The molecular formula is C21H19Cl2F2N5O2. The van der Waals surface area contributed by atoms with E-state index in [1.54, 1.807) is 0 Å². The molecule has 7 nitrogen and oxygen atoms in total. The Labute approximate surface area is 192 Å². The first kappa shape index (κ1) is 22.6. The van der Waals surface area contributed by atoms with Gasteiger partial charge in [0.25, 0.3) is 5.91 Å². The fraction of sp³-hybridized carbons (Fsp3) is 0.333. The van der Waals surface area contributed by atoms with Gasteiger partial charge in [0.15, 0.2) is 0 Å². The first-order valence-electron chi connectivity index (χ1n) is 9.92. The Hall–Kier alpha value is -2.62. The van der Waals surface area contributed by atoms with Gasteiger partial charge in [0.1, 0.15) is 22.8 Å². The van der Waals surface area contributed by atoms with Gasteiger partial charge in [-0.05, 0) is 37.3 Å². The van der Waals surface area contributed by atoms with Gasteiger partial charge in [0, 0.05) is 12.3 Å². The number of hydrogen-bond donors (Lipinski definition) is 2. The van der Waals surface area contributed by atoms with Crippen LogP contribution in [0.25, 0.3) is 5.69 Å². The summed E-state index contributed by atoms with van der Waals surface area (Å²) in [5, 5.41) is 22.1. The molecule has 168 valence electrons. The predicted molar refractivity (Wildman–Crippen MR) is 114 cm³/mol. The van der Waals surface area contributed by atoms with E-state index in [1.165, 1.54) is 47.7 Å². The molecule has 1 amide bonds. The van der Waals surface area contributed by atoms with Crippen LogP contribution in [0.15, 0.2) is 42.9 Å². The zero-order valence-electron chi connectivity index (χ0n) is 16.7. The topological polar surface area (TPSA) is 92.9 Å². The molecule has 11 heteroatoms. The highest BCUT2D eigenvalue weighted by Gasteiger charge is 2.43. The summed E-state index contributed by atoms with van der Waals surface area (Å²) in [5.74, 6) is -1.33. The van der Waals surface area contributed by atoms with Crippen LogP contribution >= 0.6 is 23.2 Å². The molecule has 1 aromatic carbocycles. The molecule has 0 aliphatic heterocycles. The van der Waals surface area contributed by atoms with Crippen LogP contribution in [0.4, 0.5) is 8.78 Å². The van der Waals surface area contributed by atoms with Crippen LogP contribution < -0.4 is 5.32 Å². The predicted octanol–water partition coefficient (Wildman–Crippen LogP) is 4.22. The average molecular weight is 482 g/mol. The maximum atomic E-state index is 14.2. The lowest BCUT2D eigenvalue weighted by molar-refractivity contribution is -0.0445. The monoisotopic (exact) mass is 481 g/mol. The summed E-state index contributed by atoms with van der Waals surface area (Å²) in [7, 11) is 0. The molecule has 2 heterocycles. The molecule has 2 aromatic heterocycles. The molecule has 1 aliphatic carbocycles. The number of carbonyl (C=O) groups excluding carboxylic acids is 1.